The number of benzene rings is 1. The van der Waals surface area contributed by atoms with Crippen LogP contribution in [0.3, 0.4) is 0 Å². The summed E-state index contributed by atoms with van der Waals surface area (Å²) in [6, 6.07) is 11.6. The van der Waals surface area contributed by atoms with E-state index in [0.717, 1.165) is 17.7 Å². The molecule has 0 aliphatic carbocycles. The molecule has 1 heterocycles. The summed E-state index contributed by atoms with van der Waals surface area (Å²) in [6.45, 7) is 0.370. The van der Waals surface area contributed by atoms with Gasteiger partial charge in [-0.1, -0.05) is 30.3 Å². The molecule has 0 bridgehead atoms. The number of nitrogens with one attached hydrogen (secondary N) is 1. The number of aromatic carboxylic acids is 1. The molecule has 21 heavy (non-hydrogen) atoms. The molecule has 1 amide bonds. The van der Waals surface area contributed by atoms with E-state index < -0.39 is 17.4 Å². The van der Waals surface area contributed by atoms with Gasteiger partial charge in [-0.25, -0.2) is 4.79 Å². The maximum absolute atomic E-state index is 12.3. The second-order valence-electron chi connectivity index (χ2n) is 4.60. The minimum atomic E-state index is -1.28. The van der Waals surface area contributed by atoms with Crippen molar-refractivity contribution in [2.45, 2.75) is 6.54 Å². The summed E-state index contributed by atoms with van der Waals surface area (Å²) in [7, 11) is 1.59. The fourth-order valence-electron chi connectivity index (χ4n) is 1.93. The number of pyridine rings is 1. The summed E-state index contributed by atoms with van der Waals surface area (Å²) in [5.74, 6) is -1.69. The van der Waals surface area contributed by atoms with Crippen LogP contribution in [-0.4, -0.2) is 33.9 Å². The Morgan fingerprint density at radius 3 is 2.48 bits per heavy atom. The Labute approximate surface area is 120 Å². The van der Waals surface area contributed by atoms with Crippen LogP contribution in [0.4, 0.5) is 0 Å². The van der Waals surface area contributed by atoms with Crippen LogP contribution in [0, 0.1) is 0 Å². The second kappa shape index (κ2) is 6.04. The number of carbonyl (C=O) groups excluding carboxylic acids is 1. The monoisotopic (exact) mass is 286 g/mol. The fourth-order valence-corrected chi connectivity index (χ4v) is 1.93. The van der Waals surface area contributed by atoms with E-state index in [1.54, 1.807) is 7.05 Å². The number of carboxylic acid groups (broad SMARTS) is 1. The maximum atomic E-state index is 12.3. The van der Waals surface area contributed by atoms with Gasteiger partial charge in [0.05, 0.1) is 0 Å². The molecule has 0 saturated carbocycles. The van der Waals surface area contributed by atoms with Gasteiger partial charge in [-0.3, -0.25) is 9.59 Å². The van der Waals surface area contributed by atoms with E-state index in [2.05, 4.69) is 4.98 Å². The highest BCUT2D eigenvalue weighted by Gasteiger charge is 2.15. The fraction of sp³-hybridized carbons (Fsp3) is 0.133. The zero-order valence-electron chi connectivity index (χ0n) is 11.4. The molecule has 2 aromatic rings. The lowest BCUT2D eigenvalue weighted by atomic mass is 10.1. The smallest absolute Gasteiger partial charge is 0.352 e. The van der Waals surface area contributed by atoms with Crippen LogP contribution in [0.1, 0.15) is 26.4 Å². The van der Waals surface area contributed by atoms with Crippen LogP contribution in [0.2, 0.25) is 0 Å². The molecule has 6 nitrogen and oxygen atoms in total. The molecular formula is C15H14N2O4. The molecule has 0 atom stereocenters. The molecular weight excluding hydrogens is 272 g/mol. The van der Waals surface area contributed by atoms with E-state index in [0.29, 0.717) is 6.54 Å². The third-order valence-corrected chi connectivity index (χ3v) is 2.93. The zero-order chi connectivity index (χ0) is 15.4. The van der Waals surface area contributed by atoms with Gasteiger partial charge in [0.1, 0.15) is 5.69 Å². The van der Waals surface area contributed by atoms with E-state index in [-0.39, 0.29) is 11.3 Å². The first-order valence-electron chi connectivity index (χ1n) is 6.24. The van der Waals surface area contributed by atoms with Crippen molar-refractivity contribution in [3.05, 3.63) is 69.6 Å². The van der Waals surface area contributed by atoms with E-state index in [1.807, 2.05) is 30.3 Å². The van der Waals surface area contributed by atoms with Gasteiger partial charge >= 0.3 is 5.97 Å². The first-order valence-corrected chi connectivity index (χ1v) is 6.24. The Kier molecular flexibility index (Phi) is 4.18. The van der Waals surface area contributed by atoms with E-state index >= 15 is 0 Å². The number of carbonyl (C=O) groups is 2. The summed E-state index contributed by atoms with van der Waals surface area (Å²) < 4.78 is 0. The maximum Gasteiger partial charge on any atom is 0.352 e. The Balaban J connectivity index is 2.23. The van der Waals surface area contributed by atoms with Crippen LogP contribution in [0.25, 0.3) is 0 Å². The van der Waals surface area contributed by atoms with Gasteiger partial charge in [-0.15, -0.1) is 0 Å². The highest BCUT2D eigenvalue weighted by atomic mass is 16.4. The number of rotatable bonds is 4. The Hall–Kier alpha value is -2.89. The minimum Gasteiger partial charge on any atom is -0.477 e. The summed E-state index contributed by atoms with van der Waals surface area (Å²) in [5.41, 5.74) is 0.0663. The Morgan fingerprint density at radius 1 is 1.19 bits per heavy atom. The van der Waals surface area contributed by atoms with Crippen molar-refractivity contribution in [1.29, 1.82) is 0 Å². The third-order valence-electron chi connectivity index (χ3n) is 2.93. The first kappa shape index (κ1) is 14.5. The molecule has 0 aliphatic rings. The largest absolute Gasteiger partial charge is 0.477 e. The molecule has 1 aromatic carbocycles. The minimum absolute atomic E-state index is 0.0505. The van der Waals surface area contributed by atoms with E-state index in [9.17, 15) is 14.4 Å². The zero-order valence-corrected chi connectivity index (χ0v) is 11.4. The quantitative estimate of drug-likeness (QED) is 0.887. The van der Waals surface area contributed by atoms with Crippen LogP contribution in [0.15, 0.2) is 47.3 Å². The SMILES string of the molecule is CN(Cc1ccccc1)C(=O)c1cc(C(=O)O)[nH]c(=O)c1. The number of aromatic amines is 1. The number of amides is 1. The second-order valence-corrected chi connectivity index (χ2v) is 4.60. The average molecular weight is 286 g/mol. The molecule has 0 aliphatic heterocycles. The summed E-state index contributed by atoms with van der Waals surface area (Å²) in [5, 5.41) is 8.89. The number of aromatic nitrogens is 1. The van der Waals surface area contributed by atoms with Gasteiger partial charge in [0.15, 0.2) is 0 Å². The van der Waals surface area contributed by atoms with Gasteiger partial charge in [-0.05, 0) is 11.6 Å². The van der Waals surface area contributed by atoms with E-state index in [1.165, 1.54) is 4.90 Å². The van der Waals surface area contributed by atoms with Crippen LogP contribution < -0.4 is 5.56 Å². The molecule has 2 rings (SSSR count). The molecule has 6 heteroatoms. The van der Waals surface area contributed by atoms with Crippen LogP contribution in [0.5, 0.6) is 0 Å². The van der Waals surface area contributed by atoms with Crippen molar-refractivity contribution in [1.82, 2.24) is 9.88 Å². The van der Waals surface area contributed by atoms with Gasteiger partial charge in [0.2, 0.25) is 5.56 Å². The number of hydrogen-bond acceptors (Lipinski definition) is 3. The van der Waals surface area contributed by atoms with Crippen molar-refractivity contribution in [2.24, 2.45) is 0 Å². The van der Waals surface area contributed by atoms with Crippen LogP contribution >= 0.6 is 0 Å². The molecule has 0 saturated heterocycles. The molecule has 0 radical (unpaired) electrons. The Morgan fingerprint density at radius 2 is 1.86 bits per heavy atom. The summed E-state index contributed by atoms with van der Waals surface area (Å²) in [6.07, 6.45) is 0. The number of H-pyrrole nitrogens is 1. The molecule has 0 unspecified atom stereocenters. The number of hydrogen-bond donors (Lipinski definition) is 2. The third kappa shape index (κ3) is 3.56. The van der Waals surface area contributed by atoms with Gasteiger partial charge in [0, 0.05) is 25.2 Å². The highest BCUT2D eigenvalue weighted by molar-refractivity contribution is 5.96. The summed E-state index contributed by atoms with van der Waals surface area (Å²) >= 11 is 0. The molecule has 1 aromatic heterocycles. The van der Waals surface area contributed by atoms with Crippen molar-refractivity contribution in [3.63, 3.8) is 0 Å². The summed E-state index contributed by atoms with van der Waals surface area (Å²) in [4.78, 5) is 38.2. The number of nitrogens with zero attached hydrogens (tertiary/aromatic N) is 1. The predicted octanol–water partition coefficient (Wildman–Crippen LogP) is 1.35. The van der Waals surface area contributed by atoms with Crippen molar-refractivity contribution in [3.8, 4) is 0 Å². The molecule has 108 valence electrons. The first-order chi connectivity index (χ1) is 9.97. The number of carboxylic acids is 1. The van der Waals surface area contributed by atoms with Crippen LogP contribution in [-0.2, 0) is 6.54 Å². The van der Waals surface area contributed by atoms with Gasteiger partial charge < -0.3 is 15.0 Å². The standard InChI is InChI=1S/C15H14N2O4/c1-17(9-10-5-3-2-4-6-10)14(19)11-7-12(15(20)21)16-13(18)8-11/h2-8H,9H2,1H3,(H,16,18)(H,20,21). The van der Waals surface area contributed by atoms with Crippen molar-refractivity contribution >= 4 is 11.9 Å². The molecule has 0 fully saturated rings. The predicted molar refractivity (Wildman–Crippen MR) is 76.3 cm³/mol. The highest BCUT2D eigenvalue weighted by Crippen LogP contribution is 2.08. The van der Waals surface area contributed by atoms with Gasteiger partial charge in [0.25, 0.3) is 5.91 Å². The normalized spacial score (nSPS) is 10.1. The van der Waals surface area contributed by atoms with Crippen molar-refractivity contribution < 1.29 is 14.7 Å². The molecule has 2 N–H and O–H groups in total. The molecule has 0 spiro atoms. The lowest BCUT2D eigenvalue weighted by Gasteiger charge is -2.17. The van der Waals surface area contributed by atoms with Crippen molar-refractivity contribution in [2.75, 3.05) is 7.05 Å². The Bertz CT molecular complexity index is 722. The lowest BCUT2D eigenvalue weighted by Crippen LogP contribution is -2.28. The lowest BCUT2D eigenvalue weighted by molar-refractivity contribution is 0.0690. The van der Waals surface area contributed by atoms with E-state index in [4.69, 9.17) is 5.11 Å². The van der Waals surface area contributed by atoms with Gasteiger partial charge in [-0.2, -0.15) is 0 Å². The average Bonchev–Trinajstić information content (AvgIpc) is 2.46. The topological polar surface area (TPSA) is 90.5 Å².